The molecule has 0 radical (unpaired) electrons. The number of benzene rings is 20. The van der Waals surface area contributed by atoms with E-state index >= 15 is 0 Å². The zero-order chi connectivity index (χ0) is 95.3. The van der Waals surface area contributed by atoms with Gasteiger partial charge >= 0.3 is 0 Å². The standard InChI is InChI=1S/C134H96N10/c1-5-33-105(34-6-1)137-89-141(131-57-29-25-53-127(131)137)109-71-61-93(62-72-109)113-41-13-19-47-119(113)99-81-100(120-48-20-14-42-114(120)94-63-73-110(74-64-94)142-90-138(106-35-7-2-8-36-106)128-54-26-30-58-132(128)142)84-103(83-99)123-51-23-17-45-117(123)97-69-79-125(135-87-97)126-80-70-98(88-136-126)118-46-18-24-52-124(118)104-85-101(121-49-21-15-43-115(121)95-65-75-111(76-66-95)143-91-139(107-37-9-3-10-38-107)129-55-27-31-59-133(129)143)82-102(86-104)122-50-22-16-44-116(122)96-67-77-112(78-68-96)144-92-140(108-39-11-4-12-40-108)130-56-28-32-60-134(130)144/h1-88H,89-92H2. The van der Waals surface area contributed by atoms with Gasteiger partial charge in [-0.25, -0.2) is 0 Å². The van der Waals surface area contributed by atoms with Crippen molar-refractivity contribution in [2.24, 2.45) is 0 Å². The molecular formula is C134H96N10. The average molecular weight is 1850 g/mol. The Labute approximate surface area is 840 Å². The Bertz CT molecular complexity index is 7610. The van der Waals surface area contributed by atoms with Crippen LogP contribution in [0.4, 0.5) is 91.0 Å². The van der Waals surface area contributed by atoms with Crippen LogP contribution in [0.1, 0.15) is 0 Å². The third kappa shape index (κ3) is 16.0. The summed E-state index contributed by atoms with van der Waals surface area (Å²) in [6.07, 6.45) is 4.04. The van der Waals surface area contributed by atoms with E-state index in [9.17, 15) is 0 Å². The number of rotatable bonds is 21. The minimum atomic E-state index is 0.703. The molecule has 0 atom stereocenters. The van der Waals surface area contributed by atoms with Gasteiger partial charge in [-0.05, 0) is 317 Å². The van der Waals surface area contributed by atoms with E-state index in [1.807, 2.05) is 12.4 Å². The quantitative estimate of drug-likeness (QED) is 0.0695. The summed E-state index contributed by atoms with van der Waals surface area (Å²) in [7, 11) is 0. The lowest BCUT2D eigenvalue weighted by atomic mass is 9.86. The van der Waals surface area contributed by atoms with Gasteiger partial charge < -0.3 is 39.2 Å². The highest BCUT2D eigenvalue weighted by atomic mass is 15.4. The van der Waals surface area contributed by atoms with Gasteiger partial charge in [-0.3, -0.25) is 9.97 Å². The number of hydrogen-bond donors (Lipinski definition) is 0. The highest BCUT2D eigenvalue weighted by Crippen LogP contribution is 2.53. The van der Waals surface area contributed by atoms with Crippen LogP contribution >= 0.6 is 0 Å². The number of hydrogen-bond acceptors (Lipinski definition) is 10. The van der Waals surface area contributed by atoms with Crippen molar-refractivity contribution in [1.82, 2.24) is 9.97 Å². The molecule has 4 aliphatic heterocycles. The van der Waals surface area contributed by atoms with Crippen molar-refractivity contribution in [2.75, 3.05) is 65.9 Å². The first kappa shape index (κ1) is 85.5. The molecule has 0 amide bonds. The van der Waals surface area contributed by atoms with Gasteiger partial charge in [-0.2, -0.15) is 0 Å². The molecule has 0 N–H and O–H groups in total. The summed E-state index contributed by atoms with van der Waals surface area (Å²) in [4.78, 5) is 29.9. The molecule has 0 bridgehead atoms. The molecule has 144 heavy (non-hydrogen) atoms. The number of aromatic nitrogens is 2. The van der Waals surface area contributed by atoms with E-state index in [1.165, 1.54) is 68.2 Å². The van der Waals surface area contributed by atoms with E-state index in [0.29, 0.717) is 26.7 Å². The molecule has 10 heteroatoms. The smallest absolute Gasteiger partial charge is 0.100 e. The van der Waals surface area contributed by atoms with Crippen molar-refractivity contribution < 1.29 is 0 Å². The largest absolute Gasteiger partial charge is 0.321 e. The van der Waals surface area contributed by atoms with Gasteiger partial charge in [0.1, 0.15) is 26.7 Å². The van der Waals surface area contributed by atoms with Crippen LogP contribution < -0.4 is 39.2 Å². The van der Waals surface area contributed by atoms with E-state index < -0.39 is 0 Å². The fraction of sp³-hybridized carbons (Fsp3) is 0.0299. The van der Waals surface area contributed by atoms with Crippen molar-refractivity contribution >= 4 is 91.0 Å². The third-order valence-corrected chi connectivity index (χ3v) is 28.9. The molecule has 0 fully saturated rings. The Morgan fingerprint density at radius 2 is 0.257 bits per heavy atom. The maximum Gasteiger partial charge on any atom is 0.100 e. The lowest BCUT2D eigenvalue weighted by Gasteiger charge is -2.22. The molecule has 26 rings (SSSR count). The second-order valence-electron chi connectivity index (χ2n) is 37.2. The maximum absolute atomic E-state index is 5.31. The van der Waals surface area contributed by atoms with Crippen LogP contribution in [-0.2, 0) is 0 Å². The SMILES string of the molecule is c1ccc(N2CN(c3ccc(-c4ccccc4-c4cc(-c5ccccc5-c5ccc(N6CN(c7ccccc7)c7ccccc76)cc5)cc(-c5ccccc5-c5ccc(-c6ccc(-c7ccccc7-c7cc(-c8ccccc8-c8ccc(N9CN(c%10ccccc%10)c%10ccccc%109)cc8)cc(-c8ccccc8-c8ccc(N9CN(c%10ccccc%10)c%10ccccc%109)cc8)c7)cn6)nc5)c4)cc3)c3ccccc32)cc1. The van der Waals surface area contributed by atoms with E-state index in [0.717, 1.165) is 168 Å². The Hall–Kier alpha value is -18.9. The van der Waals surface area contributed by atoms with Gasteiger partial charge in [-0.1, -0.05) is 328 Å². The molecule has 4 aliphatic rings. The third-order valence-electron chi connectivity index (χ3n) is 28.9. The predicted octanol–water partition coefficient (Wildman–Crippen LogP) is 35.1. The normalized spacial score (nSPS) is 12.9. The van der Waals surface area contributed by atoms with Gasteiger partial charge in [0.05, 0.1) is 56.9 Å². The van der Waals surface area contributed by atoms with Gasteiger partial charge in [0.2, 0.25) is 0 Å². The molecule has 0 unspecified atom stereocenters. The van der Waals surface area contributed by atoms with Crippen LogP contribution in [0.25, 0.3) is 145 Å². The van der Waals surface area contributed by atoms with Crippen molar-refractivity contribution in [1.29, 1.82) is 0 Å². The predicted molar refractivity (Wildman–Crippen MR) is 601 cm³/mol. The van der Waals surface area contributed by atoms with Crippen LogP contribution in [0.15, 0.2) is 534 Å². The summed E-state index contributed by atoms with van der Waals surface area (Å²) in [5, 5.41) is 0. The Kier molecular flexibility index (Phi) is 22.0. The fourth-order valence-corrected chi connectivity index (χ4v) is 21.9. The van der Waals surface area contributed by atoms with Crippen LogP contribution in [0.2, 0.25) is 0 Å². The number of pyridine rings is 2. The van der Waals surface area contributed by atoms with E-state index in [4.69, 9.17) is 9.97 Å². The van der Waals surface area contributed by atoms with E-state index in [2.05, 4.69) is 561 Å². The Morgan fingerprint density at radius 1 is 0.118 bits per heavy atom. The molecule has 0 saturated heterocycles. The number of nitrogens with zero attached hydrogens (tertiary/aromatic N) is 10. The summed E-state index contributed by atoms with van der Waals surface area (Å²) in [5.41, 5.74) is 46.8. The minimum Gasteiger partial charge on any atom is -0.321 e. The summed E-state index contributed by atoms with van der Waals surface area (Å²) in [5.74, 6) is 0. The zero-order valence-electron chi connectivity index (χ0n) is 79.1. The van der Waals surface area contributed by atoms with Crippen LogP contribution in [0.5, 0.6) is 0 Å². The average Bonchev–Trinajstić information content (AvgIpc) is 1.58. The number of anilines is 16. The number of fused-ring (bicyclic) bond motifs is 4. The van der Waals surface area contributed by atoms with Crippen LogP contribution in [-0.4, -0.2) is 36.6 Å². The molecule has 20 aromatic carbocycles. The molecule has 6 heterocycles. The lowest BCUT2D eigenvalue weighted by molar-refractivity contribution is 0.991. The minimum absolute atomic E-state index is 0.703. The monoisotopic (exact) mass is 1840 g/mol. The second-order valence-corrected chi connectivity index (χ2v) is 37.2. The molecule has 0 spiro atoms. The second kappa shape index (κ2) is 37.1. The summed E-state index contributed by atoms with van der Waals surface area (Å²) < 4.78 is 0. The van der Waals surface area contributed by atoms with Gasteiger partial charge in [0.15, 0.2) is 0 Å². The zero-order valence-corrected chi connectivity index (χ0v) is 79.1. The molecule has 0 aliphatic carbocycles. The Balaban J connectivity index is 0.533. The van der Waals surface area contributed by atoms with Gasteiger partial charge in [0.25, 0.3) is 0 Å². The molecule has 0 saturated carbocycles. The van der Waals surface area contributed by atoms with E-state index in [1.54, 1.807) is 0 Å². The van der Waals surface area contributed by atoms with Crippen LogP contribution in [0.3, 0.4) is 0 Å². The first-order valence-electron chi connectivity index (χ1n) is 49.4. The van der Waals surface area contributed by atoms with Gasteiger partial charge in [0, 0.05) is 69.0 Å². The van der Waals surface area contributed by atoms with Gasteiger partial charge in [-0.15, -0.1) is 0 Å². The van der Waals surface area contributed by atoms with E-state index in [-0.39, 0.29) is 0 Å². The molecule has 22 aromatic rings. The summed E-state index contributed by atoms with van der Waals surface area (Å²) in [6.45, 7) is 2.81. The Morgan fingerprint density at radius 3 is 0.424 bits per heavy atom. The first-order valence-corrected chi connectivity index (χ1v) is 49.4. The molecule has 10 nitrogen and oxygen atoms in total. The summed E-state index contributed by atoms with van der Waals surface area (Å²) >= 11 is 0. The summed E-state index contributed by atoms with van der Waals surface area (Å²) in [6, 6.07) is 190. The van der Waals surface area contributed by atoms with Crippen LogP contribution in [0, 0.1) is 0 Å². The van der Waals surface area contributed by atoms with Crippen molar-refractivity contribution in [3.63, 3.8) is 0 Å². The first-order chi connectivity index (χ1) is 71.4. The van der Waals surface area contributed by atoms with Crippen molar-refractivity contribution in [2.45, 2.75) is 0 Å². The van der Waals surface area contributed by atoms with Crippen molar-refractivity contribution in [3.8, 4) is 145 Å². The molecular weight excluding hydrogens is 1750 g/mol. The topological polar surface area (TPSA) is 51.7 Å². The highest BCUT2D eigenvalue weighted by Gasteiger charge is 2.34. The molecule has 2 aromatic heterocycles. The fourth-order valence-electron chi connectivity index (χ4n) is 21.9. The lowest BCUT2D eigenvalue weighted by Crippen LogP contribution is -2.23. The molecule has 682 valence electrons. The van der Waals surface area contributed by atoms with Crippen molar-refractivity contribution in [3.05, 3.63) is 534 Å². The highest BCUT2D eigenvalue weighted by molar-refractivity contribution is 6.00. The number of para-hydroxylation sites is 12. The maximum atomic E-state index is 5.31.